The number of aromatic nitrogens is 1. The van der Waals surface area contributed by atoms with E-state index in [9.17, 15) is 4.79 Å². The van der Waals surface area contributed by atoms with Crippen molar-refractivity contribution in [1.82, 2.24) is 9.88 Å². The van der Waals surface area contributed by atoms with Gasteiger partial charge in [-0.3, -0.25) is 9.69 Å². The third-order valence-corrected chi connectivity index (χ3v) is 5.18. The molecule has 5 heteroatoms. The number of hydrogen-bond acceptors (Lipinski definition) is 4. The summed E-state index contributed by atoms with van der Waals surface area (Å²) in [5.41, 5.74) is 3.57. The fourth-order valence-corrected chi connectivity index (χ4v) is 3.90. The molecule has 2 aliphatic heterocycles. The summed E-state index contributed by atoms with van der Waals surface area (Å²) in [6.07, 6.45) is 0. The van der Waals surface area contributed by atoms with Gasteiger partial charge < -0.3 is 9.64 Å². The van der Waals surface area contributed by atoms with Crippen molar-refractivity contribution in [3.63, 3.8) is 0 Å². The zero-order chi connectivity index (χ0) is 16.8. The third kappa shape index (κ3) is 2.31. The van der Waals surface area contributed by atoms with E-state index in [0.29, 0.717) is 6.54 Å². The first-order chi connectivity index (χ1) is 12.3. The molecule has 25 heavy (non-hydrogen) atoms. The number of carbonyl (C=O) groups is 1. The molecule has 1 fully saturated rings. The number of morpholine rings is 1. The van der Waals surface area contributed by atoms with Gasteiger partial charge in [0.05, 0.1) is 35.5 Å². The molecule has 1 saturated heterocycles. The molecule has 0 saturated carbocycles. The average Bonchev–Trinajstić information content (AvgIpc) is 2.95. The van der Waals surface area contributed by atoms with E-state index in [4.69, 9.17) is 9.72 Å². The van der Waals surface area contributed by atoms with Gasteiger partial charge in [-0.1, -0.05) is 24.3 Å². The lowest BCUT2D eigenvalue weighted by Crippen LogP contribution is -2.42. The molecular formula is C20H19N3O2. The molecule has 0 unspecified atom stereocenters. The number of ether oxygens (including phenoxy) is 1. The number of anilines is 1. The van der Waals surface area contributed by atoms with Crippen LogP contribution >= 0.6 is 0 Å². The van der Waals surface area contributed by atoms with E-state index in [-0.39, 0.29) is 5.91 Å². The van der Waals surface area contributed by atoms with Crippen molar-refractivity contribution >= 4 is 33.4 Å². The number of amides is 1. The fourth-order valence-electron chi connectivity index (χ4n) is 3.90. The second-order valence-electron chi connectivity index (χ2n) is 6.59. The highest BCUT2D eigenvalue weighted by Gasteiger charge is 2.32. The largest absolute Gasteiger partial charge is 0.379 e. The SMILES string of the molecule is O=C1c2c3ccccc3nc3cccc(c23)N1CCN1CCOCC1. The van der Waals surface area contributed by atoms with E-state index in [1.54, 1.807) is 0 Å². The molecule has 3 heterocycles. The Labute approximate surface area is 145 Å². The minimum Gasteiger partial charge on any atom is -0.379 e. The summed E-state index contributed by atoms with van der Waals surface area (Å²) in [4.78, 5) is 22.2. The highest BCUT2D eigenvalue weighted by molar-refractivity contribution is 6.30. The maximum atomic E-state index is 13.2. The van der Waals surface area contributed by atoms with Crippen LogP contribution < -0.4 is 4.90 Å². The maximum Gasteiger partial charge on any atom is 0.259 e. The van der Waals surface area contributed by atoms with Crippen molar-refractivity contribution in [2.75, 3.05) is 44.3 Å². The Kier molecular flexibility index (Phi) is 3.43. The van der Waals surface area contributed by atoms with Crippen molar-refractivity contribution in [2.45, 2.75) is 0 Å². The van der Waals surface area contributed by atoms with E-state index < -0.39 is 0 Å². The molecule has 126 valence electrons. The first kappa shape index (κ1) is 14.8. The number of fused-ring (bicyclic) bond motifs is 2. The first-order valence-electron chi connectivity index (χ1n) is 8.76. The summed E-state index contributed by atoms with van der Waals surface area (Å²) >= 11 is 0. The molecule has 3 aromatic rings. The van der Waals surface area contributed by atoms with Crippen LogP contribution in [0.3, 0.4) is 0 Å². The van der Waals surface area contributed by atoms with Gasteiger partial charge in [-0.25, -0.2) is 4.98 Å². The summed E-state index contributed by atoms with van der Waals surface area (Å²) in [5, 5.41) is 1.94. The normalized spacial score (nSPS) is 17.8. The van der Waals surface area contributed by atoms with Gasteiger partial charge >= 0.3 is 0 Å². The van der Waals surface area contributed by atoms with Crippen LogP contribution in [0, 0.1) is 0 Å². The summed E-state index contributed by atoms with van der Waals surface area (Å²) in [7, 11) is 0. The van der Waals surface area contributed by atoms with Crippen LogP contribution in [0.5, 0.6) is 0 Å². The van der Waals surface area contributed by atoms with Gasteiger partial charge in [0.2, 0.25) is 0 Å². The molecular weight excluding hydrogens is 314 g/mol. The fraction of sp³-hybridized carbons (Fsp3) is 0.300. The molecule has 2 aromatic carbocycles. The van der Waals surface area contributed by atoms with E-state index in [0.717, 1.165) is 65.9 Å². The number of nitrogens with zero attached hydrogens (tertiary/aromatic N) is 3. The second kappa shape index (κ2) is 5.79. The molecule has 1 amide bonds. The zero-order valence-corrected chi connectivity index (χ0v) is 13.9. The Morgan fingerprint density at radius 3 is 2.64 bits per heavy atom. The van der Waals surface area contributed by atoms with Gasteiger partial charge in [0, 0.05) is 37.0 Å². The van der Waals surface area contributed by atoms with Crippen molar-refractivity contribution in [2.24, 2.45) is 0 Å². The summed E-state index contributed by atoms with van der Waals surface area (Å²) < 4.78 is 5.41. The molecule has 5 nitrogen and oxygen atoms in total. The van der Waals surface area contributed by atoms with Gasteiger partial charge in [-0.15, -0.1) is 0 Å². The first-order valence-corrected chi connectivity index (χ1v) is 8.76. The Hall–Kier alpha value is -2.50. The lowest BCUT2D eigenvalue weighted by Gasteiger charge is -2.28. The Balaban J connectivity index is 1.56. The van der Waals surface area contributed by atoms with E-state index >= 15 is 0 Å². The molecule has 0 bridgehead atoms. The minimum absolute atomic E-state index is 0.0954. The Morgan fingerprint density at radius 1 is 0.960 bits per heavy atom. The maximum absolute atomic E-state index is 13.2. The number of pyridine rings is 1. The number of hydrogen-bond donors (Lipinski definition) is 0. The van der Waals surface area contributed by atoms with Crippen LogP contribution in [0.25, 0.3) is 21.8 Å². The minimum atomic E-state index is 0.0954. The summed E-state index contributed by atoms with van der Waals surface area (Å²) in [6.45, 7) is 4.98. The van der Waals surface area contributed by atoms with Crippen LogP contribution in [0.1, 0.15) is 10.4 Å². The molecule has 0 aliphatic carbocycles. The molecule has 2 aliphatic rings. The summed E-state index contributed by atoms with van der Waals surface area (Å²) in [6, 6.07) is 13.9. The van der Waals surface area contributed by atoms with Crippen LogP contribution in [-0.2, 0) is 4.74 Å². The van der Waals surface area contributed by atoms with E-state index in [1.165, 1.54) is 0 Å². The van der Waals surface area contributed by atoms with E-state index in [1.807, 2.05) is 47.4 Å². The zero-order valence-electron chi connectivity index (χ0n) is 13.9. The van der Waals surface area contributed by atoms with Crippen molar-refractivity contribution in [3.8, 4) is 0 Å². The lowest BCUT2D eigenvalue weighted by molar-refractivity contribution is 0.0391. The predicted molar refractivity (Wildman–Crippen MR) is 98.2 cm³/mol. The van der Waals surface area contributed by atoms with Crippen LogP contribution in [0.4, 0.5) is 5.69 Å². The molecule has 0 spiro atoms. The second-order valence-corrected chi connectivity index (χ2v) is 6.59. The number of rotatable bonds is 3. The predicted octanol–water partition coefficient (Wildman–Crippen LogP) is 2.68. The molecule has 0 atom stereocenters. The Bertz CT molecular complexity index is 979. The summed E-state index contributed by atoms with van der Waals surface area (Å²) in [5.74, 6) is 0.0954. The van der Waals surface area contributed by atoms with Crippen molar-refractivity contribution in [3.05, 3.63) is 48.0 Å². The van der Waals surface area contributed by atoms with Crippen LogP contribution in [-0.4, -0.2) is 55.2 Å². The average molecular weight is 333 g/mol. The van der Waals surface area contributed by atoms with Crippen LogP contribution in [0.15, 0.2) is 42.5 Å². The Morgan fingerprint density at radius 2 is 1.76 bits per heavy atom. The molecule has 1 aromatic heterocycles. The van der Waals surface area contributed by atoms with Gasteiger partial charge in [-0.2, -0.15) is 0 Å². The monoisotopic (exact) mass is 333 g/mol. The standard InChI is InChI=1S/C20H19N3O2/c24-20-18-14-4-1-2-5-15(14)21-16-6-3-7-17(19(16)18)23(20)9-8-22-10-12-25-13-11-22/h1-7H,8-13H2. The quantitative estimate of drug-likeness (QED) is 0.692. The third-order valence-electron chi connectivity index (χ3n) is 5.18. The van der Waals surface area contributed by atoms with Gasteiger partial charge in [0.1, 0.15) is 0 Å². The topological polar surface area (TPSA) is 45.7 Å². The highest BCUT2D eigenvalue weighted by Crippen LogP contribution is 2.39. The lowest BCUT2D eigenvalue weighted by atomic mass is 10.0. The smallest absolute Gasteiger partial charge is 0.259 e. The van der Waals surface area contributed by atoms with Crippen LogP contribution in [0.2, 0.25) is 0 Å². The molecule has 0 radical (unpaired) electrons. The number of para-hydroxylation sites is 1. The number of benzene rings is 2. The van der Waals surface area contributed by atoms with Gasteiger partial charge in [0.15, 0.2) is 0 Å². The van der Waals surface area contributed by atoms with Crippen molar-refractivity contribution in [1.29, 1.82) is 0 Å². The molecule has 5 rings (SSSR count). The van der Waals surface area contributed by atoms with E-state index in [2.05, 4.69) is 4.90 Å². The highest BCUT2D eigenvalue weighted by atomic mass is 16.5. The number of carbonyl (C=O) groups excluding carboxylic acids is 1. The van der Waals surface area contributed by atoms with Gasteiger partial charge in [0.25, 0.3) is 5.91 Å². The van der Waals surface area contributed by atoms with Gasteiger partial charge in [-0.05, 0) is 18.2 Å². The van der Waals surface area contributed by atoms with Crippen molar-refractivity contribution < 1.29 is 9.53 Å². The molecule has 0 N–H and O–H groups in total.